The highest BCUT2D eigenvalue weighted by Crippen LogP contribution is 2.62. The molecule has 0 aromatic heterocycles. The van der Waals surface area contributed by atoms with Crippen molar-refractivity contribution in [2.75, 3.05) is 11.9 Å². The molecule has 9 rings (SSSR count). The van der Waals surface area contributed by atoms with E-state index in [0.717, 1.165) is 54.4 Å². The predicted molar refractivity (Wildman–Crippen MR) is 231 cm³/mol. The van der Waals surface area contributed by atoms with Gasteiger partial charge >= 0.3 is 0 Å². The molecule has 3 heterocycles. The Morgan fingerprint density at radius 1 is 0.885 bits per heavy atom. The van der Waals surface area contributed by atoms with Gasteiger partial charge in [-0.15, -0.1) is 0 Å². The van der Waals surface area contributed by atoms with E-state index in [0.29, 0.717) is 80.7 Å². The average Bonchev–Trinajstić information content (AvgIpc) is 3.86. The Bertz CT molecular complexity index is 2340. The quantitative estimate of drug-likeness (QED) is 0.119. The van der Waals surface area contributed by atoms with Gasteiger partial charge in [-0.1, -0.05) is 85.2 Å². The lowest BCUT2D eigenvalue weighted by atomic mass is 9.55. The molecule has 6 aliphatic rings. The largest absolute Gasteiger partial charge is 0.356 e. The van der Waals surface area contributed by atoms with Crippen LogP contribution in [0.4, 0.5) is 5.69 Å². The Kier molecular flexibility index (Phi) is 11.4. The summed E-state index contributed by atoms with van der Waals surface area (Å²) in [6.45, 7) is 0.801. The van der Waals surface area contributed by atoms with Crippen LogP contribution in [0.25, 0.3) is 0 Å². The van der Waals surface area contributed by atoms with Crippen LogP contribution in [0.1, 0.15) is 128 Å². The normalized spacial score (nSPS) is 27.6. The molecular weight excluding hydrogens is 790 g/mol. The third-order valence-electron chi connectivity index (χ3n) is 14.4. The molecule has 2 spiro atoms. The van der Waals surface area contributed by atoms with Crippen LogP contribution < -0.4 is 21.3 Å². The molecule has 1 unspecified atom stereocenters. The summed E-state index contributed by atoms with van der Waals surface area (Å²) in [5, 5.41) is 14.0. The van der Waals surface area contributed by atoms with Gasteiger partial charge in [0.1, 0.15) is 11.2 Å². The van der Waals surface area contributed by atoms with Crippen molar-refractivity contribution in [1.82, 2.24) is 20.9 Å². The molecule has 0 radical (unpaired) electrons. The molecule has 3 aromatic rings. The number of Topliss-reactive ketones (excluding diaryl/α,β-unsaturated/α-hetero) is 2. The maximum atomic E-state index is 14.6. The Hall–Kier alpha value is -5.31. The van der Waals surface area contributed by atoms with E-state index in [-0.39, 0.29) is 53.6 Å². The number of unbranched alkanes of at least 4 members (excludes halogenated alkanes) is 1. The zero-order valence-corrected chi connectivity index (χ0v) is 35.1. The number of carbonyl (C=O) groups is 6. The summed E-state index contributed by atoms with van der Waals surface area (Å²) in [7, 11) is 0. The molecule has 0 bridgehead atoms. The fourth-order valence-electron chi connectivity index (χ4n) is 11.5. The molecule has 3 aliphatic carbocycles. The molecule has 3 aliphatic heterocycles. The molecule has 4 fully saturated rings. The summed E-state index contributed by atoms with van der Waals surface area (Å²) in [5.74, 6) is 5.19. The minimum atomic E-state index is -0.997. The standard InChI is InChI=1S/C49H52ClN5O6/c50-33-18-22-38-39(27-33)53-47(61)49(38)42(31-12-4-1-5-13-31)43(54-48(49)24-7-3-8-25-48)45(59)52-34-19-16-32(17-20-34)44(58)51-26-9-2-6-11-30-14-10-15-36-37(30)29-55(46(36)60)40-23-21-35(56)28-41(40)57/h1,4-5,10,12-15,18,22,27,32,34,40,42-43,54H,2-3,7-9,16-17,19-21,23-26,28-29H2,(H,51,58)(H,52,59)(H,53,61)/t32?,34?,40?,42-,43+,49+/m0/s1. The molecular formula is C49H52ClN5O6. The first-order valence-electron chi connectivity index (χ1n) is 22.1. The second-order valence-corrected chi connectivity index (χ2v) is 18.3. The van der Waals surface area contributed by atoms with Gasteiger partial charge in [0.05, 0.1) is 18.5 Å². The number of nitrogens with zero attached hydrogens (tertiary/aromatic N) is 1. The molecule has 316 valence electrons. The van der Waals surface area contributed by atoms with Crippen molar-refractivity contribution in [3.63, 3.8) is 0 Å². The van der Waals surface area contributed by atoms with Crippen molar-refractivity contribution in [3.8, 4) is 11.8 Å². The highest BCUT2D eigenvalue weighted by molar-refractivity contribution is 6.31. The van der Waals surface area contributed by atoms with Crippen LogP contribution in [0.5, 0.6) is 0 Å². The second-order valence-electron chi connectivity index (χ2n) is 17.9. The number of fused-ring (bicyclic) bond motifs is 4. The number of amides is 4. The van der Waals surface area contributed by atoms with E-state index in [2.05, 4.69) is 33.1 Å². The van der Waals surface area contributed by atoms with Crippen LogP contribution in [0.3, 0.4) is 0 Å². The molecule has 3 aromatic carbocycles. The molecule has 1 saturated heterocycles. The predicted octanol–water partition coefficient (Wildman–Crippen LogP) is 6.26. The molecule has 11 nitrogen and oxygen atoms in total. The zero-order chi connectivity index (χ0) is 42.3. The van der Waals surface area contributed by atoms with Crippen molar-refractivity contribution >= 4 is 52.5 Å². The van der Waals surface area contributed by atoms with Gasteiger partial charge in [-0.05, 0) is 92.3 Å². The maximum Gasteiger partial charge on any atom is 0.255 e. The van der Waals surface area contributed by atoms with Crippen LogP contribution in [-0.4, -0.2) is 70.3 Å². The minimum Gasteiger partial charge on any atom is -0.356 e. The monoisotopic (exact) mass is 841 g/mol. The van der Waals surface area contributed by atoms with Gasteiger partial charge in [0.2, 0.25) is 17.7 Å². The smallest absolute Gasteiger partial charge is 0.255 e. The Morgan fingerprint density at radius 3 is 2.44 bits per heavy atom. The van der Waals surface area contributed by atoms with Gasteiger partial charge in [-0.3, -0.25) is 34.1 Å². The van der Waals surface area contributed by atoms with E-state index >= 15 is 0 Å². The zero-order valence-electron chi connectivity index (χ0n) is 34.3. The van der Waals surface area contributed by atoms with E-state index in [4.69, 9.17) is 11.6 Å². The van der Waals surface area contributed by atoms with E-state index in [1.54, 1.807) is 17.0 Å². The number of benzene rings is 3. The van der Waals surface area contributed by atoms with Crippen LogP contribution in [0.2, 0.25) is 5.02 Å². The first-order valence-corrected chi connectivity index (χ1v) is 22.5. The summed E-state index contributed by atoms with van der Waals surface area (Å²) < 4.78 is 0. The number of nitrogens with one attached hydrogen (secondary N) is 4. The summed E-state index contributed by atoms with van der Waals surface area (Å²) in [6.07, 6.45) is 9.09. The minimum absolute atomic E-state index is 0.0185. The van der Waals surface area contributed by atoms with Crippen LogP contribution >= 0.6 is 11.6 Å². The van der Waals surface area contributed by atoms with E-state index in [9.17, 15) is 28.8 Å². The van der Waals surface area contributed by atoms with Crippen molar-refractivity contribution in [1.29, 1.82) is 0 Å². The highest BCUT2D eigenvalue weighted by Gasteiger charge is 2.72. The number of anilines is 1. The number of halogens is 1. The van der Waals surface area contributed by atoms with Gasteiger partial charge in [-0.25, -0.2) is 0 Å². The topological polar surface area (TPSA) is 154 Å². The number of ketones is 2. The highest BCUT2D eigenvalue weighted by atomic mass is 35.5. The van der Waals surface area contributed by atoms with Gasteiger partial charge in [0.25, 0.3) is 5.91 Å². The van der Waals surface area contributed by atoms with Crippen molar-refractivity contribution in [3.05, 3.63) is 99.6 Å². The van der Waals surface area contributed by atoms with Crippen LogP contribution in [-0.2, 0) is 35.9 Å². The summed E-state index contributed by atoms with van der Waals surface area (Å²) in [6, 6.07) is 19.8. The molecule has 12 heteroatoms. The van der Waals surface area contributed by atoms with Gasteiger partial charge in [0.15, 0.2) is 5.78 Å². The van der Waals surface area contributed by atoms with Crippen LogP contribution in [0.15, 0.2) is 66.7 Å². The third-order valence-corrected chi connectivity index (χ3v) is 14.6. The summed E-state index contributed by atoms with van der Waals surface area (Å²) in [4.78, 5) is 81.5. The number of rotatable bonds is 8. The van der Waals surface area contributed by atoms with Crippen molar-refractivity contribution in [2.45, 2.75) is 131 Å². The third kappa shape index (κ3) is 7.35. The summed E-state index contributed by atoms with van der Waals surface area (Å²) >= 11 is 6.44. The molecule has 61 heavy (non-hydrogen) atoms. The molecule has 4 N–H and O–H groups in total. The van der Waals surface area contributed by atoms with Gasteiger partial charge in [-0.2, -0.15) is 0 Å². The lowest BCUT2D eigenvalue weighted by Gasteiger charge is -2.47. The SMILES string of the molecule is O=C1CCC(N2Cc3c(C#CCCCNC(=O)C4CCC(NC(=O)[C@@H]5NC6(CCCCC6)[C@@]6(C(=O)Nc7cc(Cl)ccc76)[C@H]5c5ccccc5)CC4)cccc3C2=O)C(=O)C1. The fourth-order valence-corrected chi connectivity index (χ4v) is 11.7. The molecule has 4 atom stereocenters. The van der Waals surface area contributed by atoms with E-state index in [1.165, 1.54) is 0 Å². The second kappa shape index (κ2) is 16.9. The Morgan fingerprint density at radius 2 is 1.67 bits per heavy atom. The Labute approximate surface area is 361 Å². The van der Waals surface area contributed by atoms with E-state index in [1.807, 2.05) is 54.6 Å². The number of carbonyl (C=O) groups excluding carboxylic acids is 6. The van der Waals surface area contributed by atoms with E-state index < -0.39 is 29.0 Å². The van der Waals surface area contributed by atoms with Crippen molar-refractivity contribution < 1.29 is 28.8 Å². The molecule has 4 amide bonds. The summed E-state index contributed by atoms with van der Waals surface area (Å²) in [5.41, 5.74) is 3.09. The first-order chi connectivity index (χ1) is 29.6. The first kappa shape index (κ1) is 41.1. The maximum absolute atomic E-state index is 14.6. The number of hydrogen-bond acceptors (Lipinski definition) is 7. The van der Waals surface area contributed by atoms with Gasteiger partial charge < -0.3 is 20.9 Å². The molecule has 3 saturated carbocycles. The lowest BCUT2D eigenvalue weighted by Crippen LogP contribution is -2.60. The fraction of sp³-hybridized carbons (Fsp3) is 0.469. The van der Waals surface area contributed by atoms with Crippen molar-refractivity contribution in [2.24, 2.45) is 5.92 Å². The average molecular weight is 842 g/mol. The number of hydrogen-bond donors (Lipinski definition) is 4. The lowest BCUT2D eigenvalue weighted by molar-refractivity contribution is -0.133. The Balaban J connectivity index is 0.796. The van der Waals surface area contributed by atoms with Gasteiger partial charge in [0, 0.05) is 71.2 Å². The van der Waals surface area contributed by atoms with Crippen LogP contribution in [0, 0.1) is 17.8 Å².